The number of aliphatic hydroxyl groups is 1. The fourth-order valence-corrected chi connectivity index (χ4v) is 2.56. The highest BCUT2D eigenvalue weighted by Crippen LogP contribution is 2.24. The number of rotatable bonds is 6. The van der Waals surface area contributed by atoms with Gasteiger partial charge in [-0.15, -0.1) is 0 Å². The number of benzene rings is 2. The van der Waals surface area contributed by atoms with Gasteiger partial charge in [0, 0.05) is 30.3 Å². The van der Waals surface area contributed by atoms with Crippen molar-refractivity contribution in [2.24, 2.45) is 0 Å². The highest BCUT2D eigenvalue weighted by Gasteiger charge is 2.26. The van der Waals surface area contributed by atoms with E-state index < -0.39 is 17.2 Å². The second kappa shape index (κ2) is 7.13. The molecule has 3 rings (SSSR count). The third-order valence-electron chi connectivity index (χ3n) is 3.86. The minimum Gasteiger partial charge on any atom is -0.444 e. The molecule has 4 nitrogen and oxygen atoms in total. The SMILES string of the molecule is CC(O)(CNCc1coc(-c2ccccc2)n1)c1ccc(F)cc1F. The molecule has 0 fully saturated rings. The van der Waals surface area contributed by atoms with Gasteiger partial charge in [0.2, 0.25) is 5.89 Å². The van der Waals surface area contributed by atoms with Crippen molar-refractivity contribution in [1.82, 2.24) is 10.3 Å². The molecule has 0 aliphatic rings. The van der Waals surface area contributed by atoms with Crippen molar-refractivity contribution in [1.29, 1.82) is 0 Å². The van der Waals surface area contributed by atoms with Crippen LogP contribution < -0.4 is 5.32 Å². The molecule has 130 valence electrons. The molecule has 1 aromatic heterocycles. The zero-order chi connectivity index (χ0) is 17.9. The van der Waals surface area contributed by atoms with Gasteiger partial charge >= 0.3 is 0 Å². The number of oxazole rings is 1. The topological polar surface area (TPSA) is 58.3 Å². The zero-order valence-corrected chi connectivity index (χ0v) is 13.7. The smallest absolute Gasteiger partial charge is 0.226 e. The molecule has 0 bridgehead atoms. The van der Waals surface area contributed by atoms with Gasteiger partial charge in [0.15, 0.2) is 0 Å². The Balaban J connectivity index is 1.62. The van der Waals surface area contributed by atoms with Crippen LogP contribution in [0.2, 0.25) is 0 Å². The molecular weight excluding hydrogens is 326 g/mol. The number of halogens is 2. The van der Waals surface area contributed by atoms with E-state index in [1.54, 1.807) is 0 Å². The molecule has 1 unspecified atom stereocenters. The van der Waals surface area contributed by atoms with E-state index in [0.717, 1.165) is 17.7 Å². The lowest BCUT2D eigenvalue weighted by molar-refractivity contribution is 0.0527. The molecule has 0 saturated heterocycles. The van der Waals surface area contributed by atoms with E-state index >= 15 is 0 Å². The molecule has 1 atom stereocenters. The quantitative estimate of drug-likeness (QED) is 0.717. The summed E-state index contributed by atoms with van der Waals surface area (Å²) in [5, 5.41) is 13.5. The van der Waals surface area contributed by atoms with Crippen LogP contribution >= 0.6 is 0 Å². The Kier molecular flexibility index (Phi) is 4.92. The maximum absolute atomic E-state index is 13.8. The Morgan fingerprint density at radius 3 is 2.64 bits per heavy atom. The van der Waals surface area contributed by atoms with Crippen molar-refractivity contribution in [2.75, 3.05) is 6.54 Å². The molecule has 0 amide bonds. The van der Waals surface area contributed by atoms with Crippen LogP contribution in [-0.2, 0) is 12.1 Å². The minimum atomic E-state index is -1.48. The normalized spacial score (nSPS) is 13.6. The summed E-state index contributed by atoms with van der Waals surface area (Å²) in [6.07, 6.45) is 1.53. The number of hydrogen-bond donors (Lipinski definition) is 2. The number of nitrogens with one attached hydrogen (secondary N) is 1. The monoisotopic (exact) mass is 344 g/mol. The molecule has 0 saturated carbocycles. The Morgan fingerprint density at radius 1 is 1.16 bits per heavy atom. The number of aromatic nitrogens is 1. The minimum absolute atomic E-state index is 0.0338. The summed E-state index contributed by atoms with van der Waals surface area (Å²) in [7, 11) is 0. The third-order valence-corrected chi connectivity index (χ3v) is 3.86. The second-order valence-corrected chi connectivity index (χ2v) is 6.01. The van der Waals surface area contributed by atoms with E-state index in [-0.39, 0.29) is 12.1 Å². The maximum atomic E-state index is 13.8. The van der Waals surface area contributed by atoms with Crippen LogP contribution in [0.5, 0.6) is 0 Å². The van der Waals surface area contributed by atoms with Crippen molar-refractivity contribution in [2.45, 2.75) is 19.1 Å². The van der Waals surface area contributed by atoms with Crippen LogP contribution in [0, 0.1) is 11.6 Å². The summed E-state index contributed by atoms with van der Waals surface area (Å²) >= 11 is 0. The van der Waals surface area contributed by atoms with Crippen molar-refractivity contribution >= 4 is 0 Å². The first-order chi connectivity index (χ1) is 12.0. The van der Waals surface area contributed by atoms with Crippen molar-refractivity contribution in [3.63, 3.8) is 0 Å². The Bertz CT molecular complexity index is 848. The predicted molar refractivity (Wildman–Crippen MR) is 89.6 cm³/mol. The highest BCUT2D eigenvalue weighted by molar-refractivity contribution is 5.52. The van der Waals surface area contributed by atoms with Gasteiger partial charge in [0.1, 0.15) is 23.5 Å². The molecule has 3 aromatic rings. The van der Waals surface area contributed by atoms with E-state index in [9.17, 15) is 13.9 Å². The zero-order valence-electron chi connectivity index (χ0n) is 13.7. The molecule has 2 N–H and O–H groups in total. The Hall–Kier alpha value is -2.57. The third kappa shape index (κ3) is 4.10. The van der Waals surface area contributed by atoms with Crippen molar-refractivity contribution in [3.05, 3.63) is 77.7 Å². The molecule has 0 spiro atoms. The first-order valence-electron chi connectivity index (χ1n) is 7.84. The van der Waals surface area contributed by atoms with Gasteiger partial charge in [-0.2, -0.15) is 0 Å². The summed E-state index contributed by atoms with van der Waals surface area (Å²) in [5.41, 5.74) is 0.0823. The second-order valence-electron chi connectivity index (χ2n) is 6.01. The Morgan fingerprint density at radius 2 is 1.92 bits per heavy atom. The van der Waals surface area contributed by atoms with Crippen LogP contribution in [0.15, 0.2) is 59.2 Å². The van der Waals surface area contributed by atoms with E-state index in [1.807, 2.05) is 30.3 Å². The standard InChI is InChI=1S/C19H18F2N2O2/c1-19(24,16-8-7-14(20)9-17(16)21)12-22-10-15-11-25-18(23-15)13-5-3-2-4-6-13/h2-9,11,22,24H,10,12H2,1H3. The Labute approximate surface area is 144 Å². The lowest BCUT2D eigenvalue weighted by Crippen LogP contribution is -2.36. The average molecular weight is 344 g/mol. The first-order valence-corrected chi connectivity index (χ1v) is 7.84. The highest BCUT2D eigenvalue weighted by atomic mass is 19.1. The van der Waals surface area contributed by atoms with Crippen LogP contribution in [-0.4, -0.2) is 16.6 Å². The molecule has 0 aliphatic carbocycles. The van der Waals surface area contributed by atoms with Gasteiger partial charge in [-0.25, -0.2) is 13.8 Å². The summed E-state index contributed by atoms with van der Waals surface area (Å²) in [6.45, 7) is 1.88. The van der Waals surface area contributed by atoms with Gasteiger partial charge in [-0.05, 0) is 25.1 Å². The lowest BCUT2D eigenvalue weighted by atomic mass is 9.95. The molecule has 2 aromatic carbocycles. The lowest BCUT2D eigenvalue weighted by Gasteiger charge is -2.24. The van der Waals surface area contributed by atoms with E-state index in [0.29, 0.717) is 18.1 Å². The van der Waals surface area contributed by atoms with Crippen LogP contribution in [0.4, 0.5) is 8.78 Å². The largest absolute Gasteiger partial charge is 0.444 e. The molecule has 1 heterocycles. The van der Waals surface area contributed by atoms with E-state index in [1.165, 1.54) is 19.3 Å². The van der Waals surface area contributed by atoms with Crippen molar-refractivity contribution < 1.29 is 18.3 Å². The predicted octanol–water partition coefficient (Wildman–Crippen LogP) is 3.62. The van der Waals surface area contributed by atoms with Gasteiger partial charge in [-0.1, -0.05) is 24.3 Å². The van der Waals surface area contributed by atoms with Gasteiger partial charge < -0.3 is 14.8 Å². The molecule has 6 heteroatoms. The van der Waals surface area contributed by atoms with E-state index in [2.05, 4.69) is 10.3 Å². The van der Waals surface area contributed by atoms with E-state index in [4.69, 9.17) is 4.42 Å². The van der Waals surface area contributed by atoms with Gasteiger partial charge in [-0.3, -0.25) is 0 Å². The molecular formula is C19H18F2N2O2. The molecule has 25 heavy (non-hydrogen) atoms. The van der Waals surface area contributed by atoms with Crippen LogP contribution in [0.1, 0.15) is 18.2 Å². The van der Waals surface area contributed by atoms with Crippen LogP contribution in [0.25, 0.3) is 11.5 Å². The molecule has 0 radical (unpaired) electrons. The summed E-state index contributed by atoms with van der Waals surface area (Å²) < 4.78 is 32.3. The summed E-state index contributed by atoms with van der Waals surface area (Å²) in [4.78, 5) is 4.37. The fourth-order valence-electron chi connectivity index (χ4n) is 2.56. The van der Waals surface area contributed by atoms with Crippen molar-refractivity contribution in [3.8, 4) is 11.5 Å². The van der Waals surface area contributed by atoms with Gasteiger partial charge in [0.05, 0.1) is 5.69 Å². The summed E-state index contributed by atoms with van der Waals surface area (Å²) in [6, 6.07) is 12.6. The molecule has 0 aliphatic heterocycles. The maximum Gasteiger partial charge on any atom is 0.226 e. The van der Waals surface area contributed by atoms with Gasteiger partial charge in [0.25, 0.3) is 0 Å². The fraction of sp³-hybridized carbons (Fsp3) is 0.211. The number of hydrogen-bond acceptors (Lipinski definition) is 4. The van der Waals surface area contributed by atoms with Crippen LogP contribution in [0.3, 0.4) is 0 Å². The first kappa shape index (κ1) is 17.3. The summed E-state index contributed by atoms with van der Waals surface area (Å²) in [5.74, 6) is -0.950. The average Bonchev–Trinajstić information content (AvgIpc) is 3.04. The number of nitrogens with zero attached hydrogens (tertiary/aromatic N) is 1.